The van der Waals surface area contributed by atoms with E-state index in [4.69, 9.17) is 0 Å². The van der Waals surface area contributed by atoms with Crippen LogP contribution in [0.15, 0.2) is 29.7 Å². The number of rotatable bonds is 4. The molecule has 0 aliphatic carbocycles. The molecule has 1 saturated heterocycles. The molecule has 0 radical (unpaired) electrons. The Kier molecular flexibility index (Phi) is 4.87. The lowest BCUT2D eigenvalue weighted by Crippen LogP contribution is -2.49. The van der Waals surface area contributed by atoms with Gasteiger partial charge in [-0.1, -0.05) is 0 Å². The van der Waals surface area contributed by atoms with Gasteiger partial charge in [0.25, 0.3) is 0 Å². The van der Waals surface area contributed by atoms with E-state index in [1.165, 1.54) is 4.31 Å². The van der Waals surface area contributed by atoms with Crippen LogP contribution in [0.5, 0.6) is 0 Å². The van der Waals surface area contributed by atoms with Gasteiger partial charge < -0.3 is 4.90 Å². The van der Waals surface area contributed by atoms with Crippen molar-refractivity contribution in [2.24, 2.45) is 7.05 Å². The molecule has 0 saturated carbocycles. The summed E-state index contributed by atoms with van der Waals surface area (Å²) in [6.45, 7) is 7.24. The van der Waals surface area contributed by atoms with E-state index in [2.05, 4.69) is 25.0 Å². The largest absolute Gasteiger partial charge is 0.354 e. The molecule has 11 heteroatoms. The van der Waals surface area contributed by atoms with Crippen LogP contribution < -0.4 is 4.90 Å². The van der Waals surface area contributed by atoms with Gasteiger partial charge in [0, 0.05) is 51.7 Å². The second kappa shape index (κ2) is 7.23. The maximum Gasteiger partial charge on any atom is 0.246 e. The highest BCUT2D eigenvalue weighted by atomic mass is 32.2. The Morgan fingerprint density at radius 3 is 2.28 bits per heavy atom. The third kappa shape index (κ3) is 3.51. The third-order valence-corrected chi connectivity index (χ3v) is 7.33. The molecule has 3 aromatic heterocycles. The molecule has 0 bridgehead atoms. The van der Waals surface area contributed by atoms with E-state index in [0.29, 0.717) is 48.3 Å². The molecule has 0 amide bonds. The Bertz CT molecular complexity index is 1130. The summed E-state index contributed by atoms with van der Waals surface area (Å²) in [6, 6.07) is 1.90. The lowest BCUT2D eigenvalue weighted by atomic mass is 10.3. The van der Waals surface area contributed by atoms with Crippen molar-refractivity contribution in [3.05, 3.63) is 42.0 Å². The number of nitrogens with zero attached hydrogens (tertiary/aromatic N) is 8. The zero-order chi connectivity index (χ0) is 20.8. The van der Waals surface area contributed by atoms with Crippen LogP contribution in [0, 0.1) is 20.8 Å². The van der Waals surface area contributed by atoms with Crippen molar-refractivity contribution in [3.8, 4) is 5.82 Å². The van der Waals surface area contributed by atoms with E-state index in [0.717, 1.165) is 11.6 Å². The molecule has 0 N–H and O–H groups in total. The molecule has 0 unspecified atom stereocenters. The molecular formula is C18H24N8O2S. The second-order valence-corrected chi connectivity index (χ2v) is 8.99. The lowest BCUT2D eigenvalue weighted by Gasteiger charge is -2.34. The van der Waals surface area contributed by atoms with Crippen LogP contribution in [0.4, 0.5) is 5.82 Å². The number of aryl methyl sites for hydroxylation is 3. The molecule has 1 aliphatic heterocycles. The third-order valence-electron chi connectivity index (χ3n) is 5.18. The summed E-state index contributed by atoms with van der Waals surface area (Å²) in [5.74, 6) is 2.18. The van der Waals surface area contributed by atoms with E-state index in [9.17, 15) is 8.42 Å². The zero-order valence-corrected chi connectivity index (χ0v) is 17.8. The van der Waals surface area contributed by atoms with Crippen LogP contribution >= 0.6 is 0 Å². The number of hydrogen-bond donors (Lipinski definition) is 0. The summed E-state index contributed by atoms with van der Waals surface area (Å²) in [5.41, 5.74) is 1.19. The highest BCUT2D eigenvalue weighted by Crippen LogP contribution is 2.25. The van der Waals surface area contributed by atoms with Crippen LogP contribution in [0.25, 0.3) is 5.82 Å². The van der Waals surface area contributed by atoms with Crippen molar-refractivity contribution in [2.45, 2.75) is 25.7 Å². The standard InChI is InChI=1S/C18H24N8O2S/c1-13-18(14(2)23(4)22-13)29(27,28)26-9-7-24(8-10-26)16-11-17(21-15(3)20-16)25-6-5-19-12-25/h5-6,11-12H,7-10H2,1-4H3. The first kappa shape index (κ1) is 19.5. The molecule has 1 fully saturated rings. The quantitative estimate of drug-likeness (QED) is 0.621. The van der Waals surface area contributed by atoms with Crippen molar-refractivity contribution >= 4 is 15.8 Å². The minimum Gasteiger partial charge on any atom is -0.354 e. The van der Waals surface area contributed by atoms with Crippen LogP contribution in [-0.2, 0) is 17.1 Å². The number of aromatic nitrogens is 6. The summed E-state index contributed by atoms with van der Waals surface area (Å²) in [5, 5.41) is 4.25. The summed E-state index contributed by atoms with van der Waals surface area (Å²) < 4.78 is 31.3. The normalized spacial score (nSPS) is 15.8. The zero-order valence-electron chi connectivity index (χ0n) is 16.9. The molecule has 4 rings (SSSR count). The van der Waals surface area contributed by atoms with Crippen LogP contribution in [0.2, 0.25) is 0 Å². The molecule has 4 heterocycles. The summed E-state index contributed by atoms with van der Waals surface area (Å²) in [7, 11) is -1.82. The van der Waals surface area contributed by atoms with E-state index in [-0.39, 0.29) is 0 Å². The van der Waals surface area contributed by atoms with E-state index >= 15 is 0 Å². The Morgan fingerprint density at radius 2 is 1.69 bits per heavy atom. The monoisotopic (exact) mass is 416 g/mol. The fourth-order valence-electron chi connectivity index (χ4n) is 3.64. The predicted octanol–water partition coefficient (Wildman–Crippen LogP) is 0.832. The topological polar surface area (TPSA) is 102 Å². The van der Waals surface area contributed by atoms with Crippen molar-refractivity contribution < 1.29 is 8.42 Å². The van der Waals surface area contributed by atoms with Crippen molar-refractivity contribution in [1.82, 2.24) is 33.6 Å². The van der Waals surface area contributed by atoms with Gasteiger partial charge in [0.05, 0.1) is 11.4 Å². The molecule has 154 valence electrons. The molecule has 10 nitrogen and oxygen atoms in total. The van der Waals surface area contributed by atoms with Gasteiger partial charge in [0.15, 0.2) is 0 Å². The summed E-state index contributed by atoms with van der Waals surface area (Å²) in [4.78, 5) is 15.5. The van der Waals surface area contributed by atoms with Gasteiger partial charge in [-0.15, -0.1) is 0 Å². The molecule has 1 aliphatic rings. The van der Waals surface area contributed by atoms with Gasteiger partial charge in [0.2, 0.25) is 10.0 Å². The Morgan fingerprint density at radius 1 is 1.00 bits per heavy atom. The highest BCUT2D eigenvalue weighted by molar-refractivity contribution is 7.89. The number of imidazole rings is 1. The number of anilines is 1. The van der Waals surface area contributed by atoms with Gasteiger partial charge >= 0.3 is 0 Å². The summed E-state index contributed by atoms with van der Waals surface area (Å²) in [6.07, 6.45) is 5.21. The van der Waals surface area contributed by atoms with E-state index in [1.807, 2.05) is 23.8 Å². The summed E-state index contributed by atoms with van der Waals surface area (Å²) >= 11 is 0. The van der Waals surface area contributed by atoms with Gasteiger partial charge in [-0.25, -0.2) is 23.4 Å². The highest BCUT2D eigenvalue weighted by Gasteiger charge is 2.33. The maximum atomic E-state index is 13.2. The van der Waals surface area contributed by atoms with Crippen LogP contribution in [-0.4, -0.2) is 68.2 Å². The first-order valence-corrected chi connectivity index (χ1v) is 10.8. The van der Waals surface area contributed by atoms with Crippen molar-refractivity contribution in [1.29, 1.82) is 0 Å². The molecule has 3 aromatic rings. The number of hydrogen-bond acceptors (Lipinski definition) is 7. The fraction of sp³-hybridized carbons (Fsp3) is 0.444. The first-order valence-electron chi connectivity index (χ1n) is 9.36. The van der Waals surface area contributed by atoms with Gasteiger partial charge in [-0.05, 0) is 20.8 Å². The van der Waals surface area contributed by atoms with Crippen LogP contribution in [0.1, 0.15) is 17.2 Å². The van der Waals surface area contributed by atoms with Crippen LogP contribution in [0.3, 0.4) is 0 Å². The maximum absolute atomic E-state index is 13.2. The average molecular weight is 417 g/mol. The van der Waals surface area contributed by atoms with E-state index in [1.54, 1.807) is 38.1 Å². The SMILES string of the molecule is Cc1nc(N2CCN(S(=O)(=O)c3c(C)nn(C)c3C)CC2)cc(-n2ccnc2)n1. The fourth-order valence-corrected chi connectivity index (χ4v) is 5.46. The Balaban J connectivity index is 1.54. The number of piperazine rings is 1. The average Bonchev–Trinajstić information content (AvgIpc) is 3.30. The van der Waals surface area contributed by atoms with Crippen molar-refractivity contribution in [2.75, 3.05) is 31.1 Å². The van der Waals surface area contributed by atoms with Gasteiger partial charge in [-0.3, -0.25) is 9.25 Å². The van der Waals surface area contributed by atoms with E-state index < -0.39 is 10.0 Å². The van der Waals surface area contributed by atoms with Gasteiger partial charge in [-0.2, -0.15) is 9.40 Å². The lowest BCUT2D eigenvalue weighted by molar-refractivity contribution is 0.383. The first-order chi connectivity index (χ1) is 13.8. The molecule has 0 spiro atoms. The molecule has 29 heavy (non-hydrogen) atoms. The molecule has 0 aromatic carbocycles. The second-order valence-electron chi connectivity index (χ2n) is 7.12. The van der Waals surface area contributed by atoms with Gasteiger partial charge in [0.1, 0.15) is 28.7 Å². The molecule has 0 atom stereocenters. The Hall–Kier alpha value is -2.79. The molecular weight excluding hydrogens is 392 g/mol. The minimum absolute atomic E-state index is 0.314. The number of sulfonamides is 1. The predicted molar refractivity (Wildman–Crippen MR) is 108 cm³/mol. The Labute approximate surface area is 169 Å². The van der Waals surface area contributed by atoms with Crippen molar-refractivity contribution in [3.63, 3.8) is 0 Å². The minimum atomic E-state index is -3.58. The smallest absolute Gasteiger partial charge is 0.246 e.